The summed E-state index contributed by atoms with van der Waals surface area (Å²) in [6.45, 7) is 28.0. The molecule has 11 rings (SSSR count). The lowest BCUT2D eigenvalue weighted by Crippen LogP contribution is -2.37. The summed E-state index contributed by atoms with van der Waals surface area (Å²) in [5, 5.41) is 8.83. The Morgan fingerprint density at radius 3 is 1.17 bits per heavy atom. The molecule has 0 aliphatic heterocycles. The molecule has 5 nitrogen and oxygen atoms in total. The number of hydrogen-bond acceptors (Lipinski definition) is 5. The van der Waals surface area contributed by atoms with Crippen LogP contribution in [0.4, 0.5) is 34.1 Å². The fraction of sp³-hybridized carbons (Fsp3) is 0.226. The number of para-hydroxylation sites is 2. The van der Waals surface area contributed by atoms with Crippen LogP contribution in [0.5, 0.6) is 0 Å². The van der Waals surface area contributed by atoms with Crippen molar-refractivity contribution in [2.45, 2.75) is 91.7 Å². The SMILES string of the molecule is CC(C)(C)c1ccc(N(c2ccc([Si](C)(C)C)cc2)c2cc3oc4cc(N(c5ccc(C(C)(C)C)cc5)c5ccc([Si](C)(C)C)cc5)c5c6ccccc6oc5c4c3c3c2oc2ccccc23)cc1. The fourth-order valence-electron chi connectivity index (χ4n) is 10.1. The van der Waals surface area contributed by atoms with Crippen molar-refractivity contribution in [3.05, 3.63) is 169 Å². The summed E-state index contributed by atoms with van der Waals surface area (Å²) in [7, 11) is -3.15. The topological polar surface area (TPSA) is 45.9 Å². The van der Waals surface area contributed by atoms with Crippen LogP contribution in [0.2, 0.25) is 39.3 Å². The number of benzene rings is 8. The number of furan rings is 3. The van der Waals surface area contributed by atoms with Crippen LogP contribution >= 0.6 is 0 Å². The largest absolute Gasteiger partial charge is 0.456 e. The second-order valence-corrected chi connectivity index (χ2v) is 33.3. The van der Waals surface area contributed by atoms with E-state index in [2.05, 4.69) is 248 Å². The van der Waals surface area contributed by atoms with E-state index >= 15 is 0 Å². The molecule has 7 heteroatoms. The highest BCUT2D eigenvalue weighted by Crippen LogP contribution is 2.53. The van der Waals surface area contributed by atoms with Crippen LogP contribution < -0.4 is 20.2 Å². The quantitative estimate of drug-likeness (QED) is 0.142. The lowest BCUT2D eigenvalue weighted by molar-refractivity contribution is 0.590. The van der Waals surface area contributed by atoms with Crippen LogP contribution in [-0.4, -0.2) is 16.1 Å². The van der Waals surface area contributed by atoms with Crippen molar-refractivity contribution in [2.24, 2.45) is 0 Å². The highest BCUT2D eigenvalue weighted by atomic mass is 28.3. The van der Waals surface area contributed by atoms with E-state index < -0.39 is 16.1 Å². The summed E-state index contributed by atoms with van der Waals surface area (Å²) >= 11 is 0. The molecule has 8 aromatic carbocycles. The summed E-state index contributed by atoms with van der Waals surface area (Å²) in [4.78, 5) is 4.73. The Morgan fingerprint density at radius 2 is 0.725 bits per heavy atom. The minimum atomic E-state index is -1.57. The Bertz CT molecular complexity index is 3620. The first-order valence-electron chi connectivity index (χ1n) is 24.4. The molecule has 0 N–H and O–H groups in total. The Kier molecular flexibility index (Phi) is 10.3. The van der Waals surface area contributed by atoms with Gasteiger partial charge in [0.2, 0.25) is 0 Å². The van der Waals surface area contributed by atoms with Crippen molar-refractivity contribution in [2.75, 3.05) is 9.80 Å². The molecule has 0 radical (unpaired) electrons. The number of nitrogens with zero attached hydrogens (tertiary/aromatic N) is 2. The minimum Gasteiger partial charge on any atom is -0.456 e. The molecule has 0 bridgehead atoms. The van der Waals surface area contributed by atoms with Gasteiger partial charge >= 0.3 is 0 Å². The van der Waals surface area contributed by atoms with Crippen molar-refractivity contribution in [1.82, 2.24) is 0 Å². The second-order valence-electron chi connectivity index (χ2n) is 23.1. The summed E-state index contributed by atoms with van der Waals surface area (Å²) in [5.41, 5.74) is 13.4. The average molecular weight is 939 g/mol. The molecule has 0 saturated heterocycles. The maximum Gasteiger partial charge on any atom is 0.160 e. The molecule has 0 spiro atoms. The molecule has 0 fully saturated rings. The summed E-state index contributed by atoms with van der Waals surface area (Å²) in [6.07, 6.45) is 0. The molecule has 0 saturated carbocycles. The van der Waals surface area contributed by atoms with E-state index in [1.54, 1.807) is 0 Å². The van der Waals surface area contributed by atoms with Crippen LogP contribution in [0.1, 0.15) is 52.7 Å². The molecule has 346 valence electrons. The van der Waals surface area contributed by atoms with E-state index in [-0.39, 0.29) is 10.8 Å². The molecule has 0 aliphatic rings. The molecule has 0 unspecified atom stereocenters. The number of hydrogen-bond donors (Lipinski definition) is 0. The predicted octanol–water partition coefficient (Wildman–Crippen LogP) is 18.0. The third kappa shape index (κ3) is 7.67. The molecule has 0 amide bonds. The van der Waals surface area contributed by atoms with Crippen molar-refractivity contribution in [1.29, 1.82) is 0 Å². The van der Waals surface area contributed by atoms with Gasteiger partial charge in [-0.1, -0.05) is 176 Å². The fourth-order valence-corrected chi connectivity index (χ4v) is 12.5. The lowest BCUT2D eigenvalue weighted by atomic mass is 9.87. The zero-order chi connectivity index (χ0) is 48.4. The van der Waals surface area contributed by atoms with Crippen LogP contribution in [0.25, 0.3) is 65.8 Å². The van der Waals surface area contributed by atoms with Gasteiger partial charge in [-0.2, -0.15) is 0 Å². The summed E-state index contributed by atoms with van der Waals surface area (Å²) < 4.78 is 21.5. The maximum atomic E-state index is 7.32. The highest BCUT2D eigenvalue weighted by molar-refractivity contribution is 6.89. The van der Waals surface area contributed by atoms with E-state index in [1.165, 1.54) is 21.5 Å². The molecular formula is C62H62N2O3Si2. The van der Waals surface area contributed by atoms with E-state index in [0.29, 0.717) is 0 Å². The van der Waals surface area contributed by atoms with Crippen molar-refractivity contribution in [3.8, 4) is 0 Å². The predicted molar refractivity (Wildman–Crippen MR) is 301 cm³/mol. The molecule has 0 aliphatic carbocycles. The van der Waals surface area contributed by atoms with Gasteiger partial charge in [-0.15, -0.1) is 0 Å². The third-order valence-electron chi connectivity index (χ3n) is 14.1. The summed E-state index contributed by atoms with van der Waals surface area (Å²) in [5.74, 6) is 0. The minimum absolute atomic E-state index is 0.00522. The average Bonchev–Trinajstić information content (AvgIpc) is 4.00. The van der Waals surface area contributed by atoms with Crippen molar-refractivity contribution >= 4 is 126 Å². The Morgan fingerprint density at radius 1 is 0.348 bits per heavy atom. The van der Waals surface area contributed by atoms with Crippen molar-refractivity contribution in [3.63, 3.8) is 0 Å². The number of anilines is 6. The normalized spacial score (nSPS) is 12.9. The van der Waals surface area contributed by atoms with Crippen LogP contribution in [0.15, 0.2) is 171 Å². The van der Waals surface area contributed by atoms with Crippen LogP contribution in [0.3, 0.4) is 0 Å². The van der Waals surface area contributed by atoms with E-state index in [4.69, 9.17) is 13.3 Å². The standard InChI is InChI=1S/C62H62N2O3Si2/c1-61(2,3)39-21-25-41(26-22-39)63(43-29-33-45(34-30-43)68(7,8)9)49-37-54-58(60-55(49)47-17-13-15-19-51(47)67-60)57-53(65-54)38-50(59-56(57)48-18-14-16-20-52(48)66-59)64(42-27-23-40(24-28-42)62(4,5)6)44-31-35-46(36-32-44)69(10,11)12/h13-38H,1-12H3. The zero-order valence-corrected chi connectivity index (χ0v) is 44.1. The molecule has 0 atom stereocenters. The van der Waals surface area contributed by atoms with Crippen LogP contribution in [0, 0.1) is 0 Å². The maximum absolute atomic E-state index is 7.32. The summed E-state index contributed by atoms with van der Waals surface area (Å²) in [6, 6.07) is 57.7. The van der Waals surface area contributed by atoms with Gasteiger partial charge in [0, 0.05) is 56.4 Å². The molecule has 69 heavy (non-hydrogen) atoms. The van der Waals surface area contributed by atoms with Crippen molar-refractivity contribution < 1.29 is 13.3 Å². The van der Waals surface area contributed by atoms with Gasteiger partial charge in [-0.3, -0.25) is 0 Å². The van der Waals surface area contributed by atoms with Gasteiger partial charge in [-0.25, -0.2) is 0 Å². The molecular weight excluding hydrogens is 877 g/mol. The monoisotopic (exact) mass is 938 g/mol. The highest BCUT2D eigenvalue weighted by Gasteiger charge is 2.30. The number of rotatable bonds is 8. The molecule has 3 heterocycles. The molecule has 3 aromatic heterocycles. The zero-order valence-electron chi connectivity index (χ0n) is 42.1. The smallest absolute Gasteiger partial charge is 0.160 e. The van der Waals surface area contributed by atoms with Gasteiger partial charge in [0.15, 0.2) is 5.58 Å². The Balaban J connectivity index is 1.24. The van der Waals surface area contributed by atoms with Crippen LogP contribution in [-0.2, 0) is 10.8 Å². The van der Waals surface area contributed by atoms with E-state index in [1.807, 2.05) is 0 Å². The first kappa shape index (κ1) is 44.7. The van der Waals surface area contributed by atoms with Gasteiger partial charge in [-0.05, 0) is 82.6 Å². The second kappa shape index (κ2) is 15.9. The van der Waals surface area contributed by atoms with Gasteiger partial charge in [0.25, 0.3) is 0 Å². The Hall–Kier alpha value is -6.81. The Labute approximate surface area is 408 Å². The third-order valence-corrected chi connectivity index (χ3v) is 18.2. The van der Waals surface area contributed by atoms with E-state index in [9.17, 15) is 0 Å². The van der Waals surface area contributed by atoms with Gasteiger partial charge in [0.05, 0.1) is 38.3 Å². The van der Waals surface area contributed by atoms with Gasteiger partial charge in [0.1, 0.15) is 27.9 Å². The lowest BCUT2D eigenvalue weighted by Gasteiger charge is -2.28. The number of fused-ring (bicyclic) bond motifs is 11. The first-order chi connectivity index (χ1) is 32.7. The first-order valence-corrected chi connectivity index (χ1v) is 31.4. The van der Waals surface area contributed by atoms with Gasteiger partial charge < -0.3 is 23.1 Å². The van der Waals surface area contributed by atoms with E-state index in [0.717, 1.165) is 99.9 Å². The molecule has 11 aromatic rings.